The minimum Gasteiger partial charge on any atom is -0.388 e. The molecular weight excluding hydrogens is 420 g/mol. The first-order chi connectivity index (χ1) is 15.6. The molecule has 1 heterocycles. The van der Waals surface area contributed by atoms with Crippen molar-refractivity contribution in [3.63, 3.8) is 0 Å². The van der Waals surface area contributed by atoms with Crippen molar-refractivity contribution in [2.24, 2.45) is 23.2 Å². The molecule has 4 fully saturated rings. The van der Waals surface area contributed by atoms with Gasteiger partial charge in [-0.25, -0.2) is 8.78 Å². The van der Waals surface area contributed by atoms with Crippen LogP contribution in [0.5, 0.6) is 0 Å². The number of hydrogen-bond donors (Lipinski definition) is 2. The number of piperidine rings is 1. The molecule has 1 saturated heterocycles. The van der Waals surface area contributed by atoms with Crippen LogP contribution in [-0.4, -0.2) is 52.9 Å². The summed E-state index contributed by atoms with van der Waals surface area (Å²) in [6, 6.07) is 0. The SMILES string of the molecule is C=C1CC/C(=C/C=C2\CCCC3(C)C2CCC3[C@@H](C)CN2CCC(O)(C(F)F)CC2)C[C@H]1O. The zero-order valence-electron chi connectivity index (χ0n) is 20.5. The smallest absolute Gasteiger partial charge is 0.266 e. The first-order valence-electron chi connectivity index (χ1n) is 13.1. The quantitative estimate of drug-likeness (QED) is 0.500. The van der Waals surface area contributed by atoms with Gasteiger partial charge in [-0.15, -0.1) is 0 Å². The fraction of sp³-hybridized carbons (Fsp3) is 0.786. The van der Waals surface area contributed by atoms with Crippen molar-refractivity contribution in [3.8, 4) is 0 Å². The van der Waals surface area contributed by atoms with Gasteiger partial charge in [-0.1, -0.05) is 43.7 Å². The first kappa shape index (κ1) is 25.1. The Bertz CT molecular complexity index is 783. The third-order valence-electron chi connectivity index (χ3n) is 9.63. The van der Waals surface area contributed by atoms with Gasteiger partial charge in [0.2, 0.25) is 0 Å². The van der Waals surface area contributed by atoms with Gasteiger partial charge in [-0.3, -0.25) is 0 Å². The van der Waals surface area contributed by atoms with Crippen molar-refractivity contribution in [2.75, 3.05) is 19.6 Å². The number of hydrogen-bond acceptors (Lipinski definition) is 3. The van der Waals surface area contributed by atoms with Crippen LogP contribution < -0.4 is 0 Å². The second-order valence-corrected chi connectivity index (χ2v) is 11.7. The fourth-order valence-corrected chi connectivity index (χ4v) is 7.45. The van der Waals surface area contributed by atoms with Crippen molar-refractivity contribution in [1.82, 2.24) is 4.90 Å². The Morgan fingerprint density at radius 1 is 1.12 bits per heavy atom. The summed E-state index contributed by atoms with van der Waals surface area (Å²) in [6.45, 7) is 10.9. The maximum atomic E-state index is 13.1. The molecule has 4 aliphatic rings. The van der Waals surface area contributed by atoms with E-state index in [-0.39, 0.29) is 18.9 Å². The van der Waals surface area contributed by atoms with E-state index in [1.54, 1.807) is 5.57 Å². The standard InChI is InChI=1S/C28H43F2NO2/c1-19-6-7-21(17-25(19)32)8-9-22-5-4-12-27(3)23(10-11-24(22)27)20(2)18-31-15-13-28(33,14-16-31)26(29)30/h8-9,20,23-26,32-33H,1,4-7,10-18H2,2-3H3/b21-8-,22-9+/t20-,23?,24?,25+,27?/m0/s1. The Kier molecular flexibility index (Phi) is 7.53. The number of fused-ring (bicyclic) bond motifs is 1. The van der Waals surface area contributed by atoms with E-state index in [1.165, 1.54) is 37.7 Å². The highest BCUT2D eigenvalue weighted by Crippen LogP contribution is 2.59. The largest absolute Gasteiger partial charge is 0.388 e. The maximum Gasteiger partial charge on any atom is 0.266 e. The molecule has 0 bridgehead atoms. The second-order valence-electron chi connectivity index (χ2n) is 11.7. The molecule has 3 saturated carbocycles. The van der Waals surface area contributed by atoms with Crippen LogP contribution in [0.2, 0.25) is 0 Å². The minimum atomic E-state index is -2.65. The summed E-state index contributed by atoms with van der Waals surface area (Å²) in [7, 11) is 0. The maximum absolute atomic E-state index is 13.1. The van der Waals surface area contributed by atoms with E-state index in [4.69, 9.17) is 0 Å². The molecule has 186 valence electrons. The number of rotatable bonds is 5. The molecule has 3 aliphatic carbocycles. The number of allylic oxidation sites excluding steroid dienone is 3. The van der Waals surface area contributed by atoms with Crippen molar-refractivity contribution in [3.05, 3.63) is 35.5 Å². The number of aliphatic hydroxyl groups is 2. The van der Waals surface area contributed by atoms with Crippen LogP contribution in [0.15, 0.2) is 35.5 Å². The Hall–Kier alpha value is -1.04. The summed E-state index contributed by atoms with van der Waals surface area (Å²) < 4.78 is 26.3. The number of alkyl halides is 2. The van der Waals surface area contributed by atoms with E-state index in [9.17, 15) is 19.0 Å². The summed E-state index contributed by atoms with van der Waals surface area (Å²) in [6.07, 6.45) is 10.8. The van der Waals surface area contributed by atoms with Crippen LogP contribution in [0.4, 0.5) is 8.78 Å². The van der Waals surface area contributed by atoms with Crippen LogP contribution in [0.25, 0.3) is 0 Å². The average molecular weight is 464 g/mol. The summed E-state index contributed by atoms with van der Waals surface area (Å²) in [4.78, 5) is 2.30. The highest BCUT2D eigenvalue weighted by atomic mass is 19.3. The van der Waals surface area contributed by atoms with E-state index in [0.29, 0.717) is 36.3 Å². The molecule has 4 rings (SSSR count). The lowest BCUT2D eigenvalue weighted by Gasteiger charge is -2.46. The minimum absolute atomic E-state index is 0.172. The van der Waals surface area contributed by atoms with Crippen molar-refractivity contribution >= 4 is 0 Å². The molecule has 0 aromatic rings. The lowest BCUT2D eigenvalue weighted by Crippen LogP contribution is -2.50. The summed E-state index contributed by atoms with van der Waals surface area (Å²) in [5.74, 6) is 1.80. The summed E-state index contributed by atoms with van der Waals surface area (Å²) >= 11 is 0. The molecule has 5 atom stereocenters. The predicted molar refractivity (Wildman–Crippen MR) is 129 cm³/mol. The number of halogens is 2. The highest BCUT2D eigenvalue weighted by molar-refractivity contribution is 5.28. The Balaban J connectivity index is 1.39. The molecule has 33 heavy (non-hydrogen) atoms. The molecule has 3 unspecified atom stereocenters. The lowest BCUT2D eigenvalue weighted by atomic mass is 9.61. The number of aliphatic hydroxyl groups excluding tert-OH is 1. The molecule has 2 N–H and O–H groups in total. The monoisotopic (exact) mass is 463 g/mol. The van der Waals surface area contributed by atoms with Crippen molar-refractivity contribution in [1.29, 1.82) is 0 Å². The van der Waals surface area contributed by atoms with Crippen LogP contribution >= 0.6 is 0 Å². The molecule has 0 aromatic carbocycles. The first-order valence-corrected chi connectivity index (χ1v) is 13.1. The summed E-state index contributed by atoms with van der Waals surface area (Å²) in [5, 5.41) is 20.2. The van der Waals surface area contributed by atoms with Crippen LogP contribution in [0, 0.1) is 23.2 Å². The highest BCUT2D eigenvalue weighted by Gasteiger charge is 2.51. The zero-order chi connectivity index (χ0) is 23.8. The number of likely N-dealkylation sites (tertiary alicyclic amines) is 1. The Labute approximate surface area is 198 Å². The molecule has 0 amide bonds. The lowest BCUT2D eigenvalue weighted by molar-refractivity contribution is -0.128. The topological polar surface area (TPSA) is 43.7 Å². The van der Waals surface area contributed by atoms with Gasteiger partial charge in [0.25, 0.3) is 6.43 Å². The average Bonchev–Trinajstić information content (AvgIpc) is 3.14. The molecular formula is C28H43F2NO2. The van der Waals surface area contributed by atoms with Gasteiger partial charge in [0.1, 0.15) is 5.60 Å². The van der Waals surface area contributed by atoms with Crippen molar-refractivity contribution < 1.29 is 19.0 Å². The van der Waals surface area contributed by atoms with E-state index in [2.05, 4.69) is 37.5 Å². The molecule has 0 aromatic heterocycles. The van der Waals surface area contributed by atoms with E-state index < -0.39 is 12.0 Å². The van der Waals surface area contributed by atoms with Gasteiger partial charge in [0.15, 0.2) is 0 Å². The van der Waals surface area contributed by atoms with Crippen LogP contribution in [0.1, 0.15) is 78.1 Å². The van der Waals surface area contributed by atoms with Gasteiger partial charge in [0.05, 0.1) is 6.10 Å². The van der Waals surface area contributed by atoms with Gasteiger partial charge >= 0.3 is 0 Å². The van der Waals surface area contributed by atoms with E-state index in [1.807, 2.05) is 0 Å². The molecule has 3 nitrogen and oxygen atoms in total. The molecule has 5 heteroatoms. The zero-order valence-corrected chi connectivity index (χ0v) is 20.5. The van der Waals surface area contributed by atoms with Crippen LogP contribution in [-0.2, 0) is 0 Å². The van der Waals surface area contributed by atoms with E-state index in [0.717, 1.165) is 31.4 Å². The van der Waals surface area contributed by atoms with Gasteiger partial charge in [-0.05, 0) is 93.0 Å². The molecule has 0 spiro atoms. The summed E-state index contributed by atoms with van der Waals surface area (Å²) in [5.41, 5.74) is 2.41. The Morgan fingerprint density at radius 3 is 2.52 bits per heavy atom. The van der Waals surface area contributed by atoms with E-state index >= 15 is 0 Å². The van der Waals surface area contributed by atoms with Gasteiger partial charge < -0.3 is 15.1 Å². The molecule has 0 radical (unpaired) electrons. The van der Waals surface area contributed by atoms with Crippen molar-refractivity contribution in [2.45, 2.75) is 96.2 Å². The van der Waals surface area contributed by atoms with Gasteiger partial charge in [0, 0.05) is 19.6 Å². The third kappa shape index (κ3) is 5.16. The van der Waals surface area contributed by atoms with Gasteiger partial charge in [-0.2, -0.15) is 0 Å². The fourth-order valence-electron chi connectivity index (χ4n) is 7.45. The normalized spacial score (nSPS) is 38.8. The van der Waals surface area contributed by atoms with Crippen LogP contribution in [0.3, 0.4) is 0 Å². The number of nitrogens with zero attached hydrogens (tertiary/aromatic N) is 1. The third-order valence-corrected chi connectivity index (χ3v) is 9.63. The molecule has 1 aliphatic heterocycles. The Morgan fingerprint density at radius 2 is 1.85 bits per heavy atom. The second kappa shape index (κ2) is 9.91. The predicted octanol–water partition coefficient (Wildman–Crippen LogP) is 5.88.